The van der Waals surface area contributed by atoms with Gasteiger partial charge in [-0.25, -0.2) is 4.98 Å². The van der Waals surface area contributed by atoms with Crippen molar-refractivity contribution in [2.45, 2.75) is 25.8 Å². The zero-order valence-electron chi connectivity index (χ0n) is 33.1. The molecule has 1 aliphatic heterocycles. The van der Waals surface area contributed by atoms with Gasteiger partial charge in [-0.3, -0.25) is 53.4 Å². The number of rotatable bonds is 18. The smallest absolute Gasteiger partial charge is 0.492 e. The van der Waals surface area contributed by atoms with Gasteiger partial charge in [0.25, 0.3) is 5.91 Å². The molecular weight excluding hydrogens is 930 g/mol. The number of aromatic nitrogens is 2. The van der Waals surface area contributed by atoms with Gasteiger partial charge in [0.2, 0.25) is 5.91 Å². The molecule has 1 fully saturated rings. The van der Waals surface area contributed by atoms with Gasteiger partial charge in [-0.2, -0.15) is 0 Å². The number of nitrogens with zero attached hydrogens (tertiary/aromatic N) is 6. The topological polar surface area (TPSA) is 287 Å². The van der Waals surface area contributed by atoms with Crippen LogP contribution >= 0.6 is 0 Å². The summed E-state index contributed by atoms with van der Waals surface area (Å²) in [4.78, 5) is 87.5. The molecule has 3 heterocycles. The molecular formula is C39H52GdN8O12+3. The fraction of sp³-hybridized carbons (Fsp3) is 0.436. The van der Waals surface area contributed by atoms with Gasteiger partial charge in [0.1, 0.15) is 29.9 Å². The second-order valence-corrected chi connectivity index (χ2v) is 13.7. The number of hydrogen-bond donors (Lipinski definition) is 6. The van der Waals surface area contributed by atoms with E-state index in [9.17, 15) is 49.2 Å². The van der Waals surface area contributed by atoms with Gasteiger partial charge in [-0.1, -0.05) is 24.3 Å². The van der Waals surface area contributed by atoms with Gasteiger partial charge in [-0.05, 0) is 49.2 Å². The molecule has 0 spiro atoms. The molecule has 2 aromatic heterocycles. The van der Waals surface area contributed by atoms with E-state index in [-0.39, 0.29) is 155 Å². The molecule has 4 rings (SSSR count). The number of aryl methyl sites for hydroxylation is 1. The molecule has 2 amide bonds. The molecule has 1 saturated heterocycles. The fourth-order valence-corrected chi connectivity index (χ4v) is 6.33. The number of carboxylic acid groups (broad SMARTS) is 4. The van der Waals surface area contributed by atoms with Crippen molar-refractivity contribution in [3.05, 3.63) is 72.2 Å². The van der Waals surface area contributed by atoms with E-state index >= 15 is 0 Å². The largest absolute Gasteiger partial charge is 3.00 e. The van der Waals surface area contributed by atoms with Crippen molar-refractivity contribution >= 4 is 41.5 Å². The zero-order valence-corrected chi connectivity index (χ0v) is 35.4. The second-order valence-electron chi connectivity index (χ2n) is 13.7. The van der Waals surface area contributed by atoms with Gasteiger partial charge in [0.05, 0.1) is 26.2 Å². The van der Waals surface area contributed by atoms with Crippen LogP contribution in [0.4, 0.5) is 5.82 Å². The minimum absolute atomic E-state index is 0. The summed E-state index contributed by atoms with van der Waals surface area (Å²) in [6, 6.07) is 14.8. The number of aliphatic carboxylic acids is 4. The fourth-order valence-electron chi connectivity index (χ4n) is 6.33. The Balaban J connectivity index is 0.00000620. The van der Waals surface area contributed by atoms with Crippen molar-refractivity contribution in [1.29, 1.82) is 0 Å². The number of hydrogen-bond acceptors (Lipinski definition) is 13. The number of benzene rings is 1. The van der Waals surface area contributed by atoms with E-state index < -0.39 is 35.8 Å². The van der Waals surface area contributed by atoms with E-state index in [1.807, 2.05) is 25.1 Å². The van der Waals surface area contributed by atoms with Crippen LogP contribution in [0.3, 0.4) is 0 Å². The number of carbonyl (C=O) groups excluding carboxylic acids is 2. The van der Waals surface area contributed by atoms with Crippen LogP contribution in [0.15, 0.2) is 60.8 Å². The number of ether oxygens (including phenoxy) is 1. The molecule has 21 heteroatoms. The van der Waals surface area contributed by atoms with E-state index in [4.69, 9.17) is 4.74 Å². The maximum Gasteiger partial charge on any atom is 3.00 e. The van der Waals surface area contributed by atoms with Gasteiger partial charge in [0, 0.05) is 76.2 Å². The quantitative estimate of drug-likeness (QED) is 0.0921. The van der Waals surface area contributed by atoms with Crippen molar-refractivity contribution in [3.8, 4) is 16.9 Å². The maximum absolute atomic E-state index is 12.8. The van der Waals surface area contributed by atoms with E-state index in [0.29, 0.717) is 11.6 Å². The van der Waals surface area contributed by atoms with E-state index in [0.717, 1.165) is 16.8 Å². The first kappa shape index (κ1) is 51.4. The summed E-state index contributed by atoms with van der Waals surface area (Å²) in [5, 5.41) is 44.0. The molecule has 0 aliphatic carbocycles. The molecule has 0 bridgehead atoms. The number of carbonyl (C=O) groups is 6. The Labute approximate surface area is 378 Å². The average Bonchev–Trinajstić information content (AvgIpc) is 3.17. The third kappa shape index (κ3) is 18.3. The van der Waals surface area contributed by atoms with Crippen LogP contribution in [0.2, 0.25) is 0 Å². The summed E-state index contributed by atoms with van der Waals surface area (Å²) < 4.78 is 5.77. The van der Waals surface area contributed by atoms with Gasteiger partial charge in [-0.15, -0.1) is 0 Å². The first-order valence-electron chi connectivity index (χ1n) is 18.8. The minimum Gasteiger partial charge on any atom is -0.492 e. The molecule has 0 unspecified atom stereocenters. The predicted molar refractivity (Wildman–Crippen MR) is 213 cm³/mol. The number of carboxylic acids is 4. The van der Waals surface area contributed by atoms with Crippen molar-refractivity contribution in [1.82, 2.24) is 34.9 Å². The summed E-state index contributed by atoms with van der Waals surface area (Å²) in [6.07, 6.45) is 1.42. The number of nitrogens with one attached hydrogen (secondary N) is 2. The average molecular weight is 982 g/mol. The van der Waals surface area contributed by atoms with E-state index in [2.05, 4.69) is 20.6 Å². The molecule has 1 aliphatic rings. The second kappa shape index (κ2) is 26.5. The monoisotopic (exact) mass is 982 g/mol. The van der Waals surface area contributed by atoms with Gasteiger partial charge in [0.15, 0.2) is 0 Å². The van der Waals surface area contributed by atoms with E-state index in [1.54, 1.807) is 62.2 Å². The first-order valence-corrected chi connectivity index (χ1v) is 18.8. The Bertz CT molecular complexity index is 1840. The van der Waals surface area contributed by atoms with Gasteiger partial charge < -0.3 is 41.3 Å². The van der Waals surface area contributed by atoms with Crippen molar-refractivity contribution in [2.24, 2.45) is 0 Å². The summed E-state index contributed by atoms with van der Waals surface area (Å²) >= 11 is 0. The van der Waals surface area contributed by atoms with Crippen molar-refractivity contribution in [3.63, 3.8) is 0 Å². The van der Waals surface area contributed by atoms with Crippen LogP contribution in [0, 0.1) is 46.9 Å². The van der Waals surface area contributed by atoms with E-state index in [1.165, 1.54) is 0 Å². The Hall–Kier alpha value is -4.74. The molecule has 1 atom stereocenters. The molecule has 1 radical (unpaired) electrons. The SMILES string of the molecule is Cc1cccc(NC(=O)c2ccc(-c3ccc(OCCNC(=O)CC[C@H](C(=O)O)N4CCN(CC(=O)O)CCN(CC(=O)O)CCN(CC(=O)O)CC4)cc3)cn2)n1.O.[Gd+3]. The summed E-state index contributed by atoms with van der Waals surface area (Å²) in [5.41, 5.74) is 2.65. The first-order chi connectivity index (χ1) is 27.7. The van der Waals surface area contributed by atoms with Crippen molar-refractivity contribution < 1.29 is 99.3 Å². The molecule has 1 aromatic carbocycles. The summed E-state index contributed by atoms with van der Waals surface area (Å²) in [7, 11) is 0. The third-order valence-corrected chi connectivity index (χ3v) is 9.33. The molecule has 3 aromatic rings. The Kier molecular flexibility index (Phi) is 22.7. The molecule has 20 nitrogen and oxygen atoms in total. The Morgan fingerprint density at radius 2 is 1.27 bits per heavy atom. The molecule has 0 saturated carbocycles. The van der Waals surface area contributed by atoms with Crippen LogP contribution in [0.1, 0.15) is 29.0 Å². The normalized spacial score (nSPS) is 15.1. The molecule has 60 heavy (non-hydrogen) atoms. The number of amides is 2. The van der Waals surface area contributed by atoms with Crippen LogP contribution in [-0.2, 0) is 24.0 Å². The number of pyridine rings is 2. The third-order valence-electron chi connectivity index (χ3n) is 9.33. The zero-order chi connectivity index (χ0) is 42.0. The summed E-state index contributed by atoms with van der Waals surface area (Å²) in [5.74, 6) is -4.21. The Morgan fingerprint density at radius 3 is 1.75 bits per heavy atom. The van der Waals surface area contributed by atoms with Gasteiger partial charge >= 0.3 is 63.8 Å². The molecule has 8 N–H and O–H groups in total. The predicted octanol–water partition coefficient (Wildman–Crippen LogP) is 0.0834. The summed E-state index contributed by atoms with van der Waals surface area (Å²) in [6.45, 7) is 2.48. The van der Waals surface area contributed by atoms with Crippen molar-refractivity contribution in [2.75, 3.05) is 90.5 Å². The Morgan fingerprint density at radius 1 is 0.733 bits per heavy atom. The number of anilines is 1. The van der Waals surface area contributed by atoms with Crippen LogP contribution in [0.25, 0.3) is 11.1 Å². The standard InChI is InChI=1S/C39H50N8O11.Gd.H2O/c1-27-3-2-4-33(42-27)43-38(55)31-10-7-29(23-41-31)28-5-8-30(9-6-28)58-22-13-40-34(48)12-11-32(39(56)57)47-20-18-45(25-36(51)52)16-14-44(24-35(49)50)15-17-46(19-21-47)26-37(53)54;;/h2-10,23,32H,11-22,24-26H2,1H3,(H,40,48)(H,49,50)(H,51,52)(H,53,54)(H,56,57)(H,42,43,55);;1H2/q;+3;/t32-;;/m1../s1. The minimum atomic E-state index is -1.18. The van der Waals surface area contributed by atoms with Crippen LogP contribution in [-0.4, -0.2) is 182 Å². The van der Waals surface area contributed by atoms with Crippen LogP contribution < -0.4 is 15.4 Å². The maximum atomic E-state index is 12.8. The van der Waals surface area contributed by atoms with Crippen LogP contribution in [0.5, 0.6) is 5.75 Å². The molecule has 325 valence electrons.